The molecule has 4 nitrogen and oxygen atoms in total. The average molecular weight is 263 g/mol. The number of ether oxygens (including phenoxy) is 1. The molecule has 1 aromatic heterocycles. The van der Waals surface area contributed by atoms with E-state index in [1.54, 1.807) is 23.9 Å². The van der Waals surface area contributed by atoms with Crippen LogP contribution < -0.4 is 10.1 Å². The van der Waals surface area contributed by atoms with E-state index in [9.17, 15) is 4.39 Å². The Kier molecular flexibility index (Phi) is 4.16. The minimum absolute atomic E-state index is 0.295. The van der Waals surface area contributed by atoms with Crippen LogP contribution in [0.2, 0.25) is 0 Å². The summed E-state index contributed by atoms with van der Waals surface area (Å²) in [5.74, 6) is 0.229. The van der Waals surface area contributed by atoms with Gasteiger partial charge in [-0.2, -0.15) is 5.10 Å². The molecule has 1 heterocycles. The summed E-state index contributed by atoms with van der Waals surface area (Å²) in [5, 5.41) is 7.60. The SMILES string of the molecule is CCNC(c1ccn(C)n1)c1c(F)cccc1OC. The summed E-state index contributed by atoms with van der Waals surface area (Å²) in [6, 6.07) is 6.39. The van der Waals surface area contributed by atoms with Gasteiger partial charge < -0.3 is 10.1 Å². The molecule has 0 bridgehead atoms. The second-order valence-electron chi connectivity index (χ2n) is 4.26. The summed E-state index contributed by atoms with van der Waals surface area (Å²) < 4.78 is 21.1. The van der Waals surface area contributed by atoms with Crippen LogP contribution in [-0.4, -0.2) is 23.4 Å². The number of methoxy groups -OCH3 is 1. The van der Waals surface area contributed by atoms with Gasteiger partial charge in [-0.3, -0.25) is 4.68 Å². The highest BCUT2D eigenvalue weighted by Gasteiger charge is 2.23. The Morgan fingerprint density at radius 1 is 1.42 bits per heavy atom. The Hall–Kier alpha value is -1.88. The molecule has 1 unspecified atom stereocenters. The highest BCUT2D eigenvalue weighted by Crippen LogP contribution is 2.31. The van der Waals surface area contributed by atoms with Crippen LogP contribution in [0.25, 0.3) is 0 Å². The molecule has 0 fully saturated rings. The monoisotopic (exact) mass is 263 g/mol. The van der Waals surface area contributed by atoms with Crippen LogP contribution in [0.4, 0.5) is 4.39 Å². The van der Waals surface area contributed by atoms with Gasteiger partial charge in [-0.25, -0.2) is 4.39 Å². The zero-order valence-corrected chi connectivity index (χ0v) is 11.4. The lowest BCUT2D eigenvalue weighted by molar-refractivity contribution is 0.396. The molecular weight excluding hydrogens is 245 g/mol. The van der Waals surface area contributed by atoms with Gasteiger partial charge in [0.1, 0.15) is 11.6 Å². The highest BCUT2D eigenvalue weighted by molar-refractivity contribution is 5.40. The van der Waals surface area contributed by atoms with Gasteiger partial charge in [-0.1, -0.05) is 13.0 Å². The lowest BCUT2D eigenvalue weighted by atomic mass is 10.0. The van der Waals surface area contributed by atoms with Crippen molar-refractivity contribution in [2.75, 3.05) is 13.7 Å². The summed E-state index contributed by atoms with van der Waals surface area (Å²) in [4.78, 5) is 0. The Bertz CT molecular complexity index is 553. The van der Waals surface area contributed by atoms with Crippen LogP contribution >= 0.6 is 0 Å². The zero-order valence-electron chi connectivity index (χ0n) is 11.4. The maximum Gasteiger partial charge on any atom is 0.132 e. The first kappa shape index (κ1) is 13.5. The third kappa shape index (κ3) is 2.76. The summed E-state index contributed by atoms with van der Waals surface area (Å²) >= 11 is 0. The maximum atomic E-state index is 14.1. The fraction of sp³-hybridized carbons (Fsp3) is 0.357. The molecule has 102 valence electrons. The van der Waals surface area contributed by atoms with Crippen LogP contribution in [0.3, 0.4) is 0 Å². The van der Waals surface area contributed by atoms with Crippen LogP contribution in [-0.2, 0) is 7.05 Å². The molecule has 1 atom stereocenters. The molecule has 5 heteroatoms. The second kappa shape index (κ2) is 5.84. The number of aromatic nitrogens is 2. The van der Waals surface area contributed by atoms with E-state index in [0.29, 0.717) is 17.9 Å². The first-order valence-electron chi connectivity index (χ1n) is 6.22. The maximum absolute atomic E-state index is 14.1. The molecule has 0 saturated carbocycles. The van der Waals surface area contributed by atoms with E-state index in [-0.39, 0.29) is 11.9 Å². The predicted octanol–water partition coefficient (Wildman–Crippen LogP) is 2.27. The van der Waals surface area contributed by atoms with Crippen molar-refractivity contribution < 1.29 is 9.13 Å². The standard InChI is InChI=1S/C14H18FN3O/c1-4-16-14(11-8-9-18(2)17-11)13-10(15)6-5-7-12(13)19-3/h5-9,14,16H,4H2,1-3H3. The highest BCUT2D eigenvalue weighted by atomic mass is 19.1. The molecule has 19 heavy (non-hydrogen) atoms. The Balaban J connectivity index is 2.50. The minimum Gasteiger partial charge on any atom is -0.496 e. The molecular formula is C14H18FN3O. The Morgan fingerprint density at radius 3 is 2.79 bits per heavy atom. The van der Waals surface area contributed by atoms with Crippen molar-refractivity contribution in [1.82, 2.24) is 15.1 Å². The van der Waals surface area contributed by atoms with Gasteiger partial charge in [0, 0.05) is 13.2 Å². The van der Waals surface area contributed by atoms with Crippen molar-refractivity contribution >= 4 is 0 Å². The zero-order chi connectivity index (χ0) is 13.8. The van der Waals surface area contributed by atoms with Crippen LogP contribution in [0.15, 0.2) is 30.5 Å². The average Bonchev–Trinajstić information content (AvgIpc) is 2.83. The van der Waals surface area contributed by atoms with Crippen molar-refractivity contribution in [1.29, 1.82) is 0 Å². The quantitative estimate of drug-likeness (QED) is 0.899. The van der Waals surface area contributed by atoms with Gasteiger partial charge in [0.15, 0.2) is 0 Å². The molecule has 0 radical (unpaired) electrons. The summed E-state index contributed by atoms with van der Waals surface area (Å²) in [6.07, 6.45) is 1.84. The van der Waals surface area contributed by atoms with E-state index in [0.717, 1.165) is 5.69 Å². The minimum atomic E-state index is -0.317. The van der Waals surface area contributed by atoms with E-state index < -0.39 is 0 Å². The molecule has 0 aliphatic heterocycles. The smallest absolute Gasteiger partial charge is 0.132 e. The van der Waals surface area contributed by atoms with E-state index in [2.05, 4.69) is 10.4 Å². The van der Waals surface area contributed by atoms with Gasteiger partial charge in [-0.15, -0.1) is 0 Å². The van der Waals surface area contributed by atoms with Gasteiger partial charge in [0.25, 0.3) is 0 Å². The summed E-state index contributed by atoms with van der Waals surface area (Å²) in [7, 11) is 3.38. The topological polar surface area (TPSA) is 39.1 Å². The lowest BCUT2D eigenvalue weighted by Gasteiger charge is -2.19. The van der Waals surface area contributed by atoms with Crippen LogP contribution in [0.5, 0.6) is 5.75 Å². The third-order valence-corrected chi connectivity index (χ3v) is 2.96. The molecule has 2 rings (SSSR count). The number of nitrogens with zero attached hydrogens (tertiary/aromatic N) is 2. The normalized spacial score (nSPS) is 12.4. The van der Waals surface area contributed by atoms with E-state index in [1.807, 2.05) is 26.2 Å². The number of halogens is 1. The van der Waals surface area contributed by atoms with Gasteiger partial charge in [-0.05, 0) is 24.7 Å². The predicted molar refractivity (Wildman–Crippen MR) is 71.7 cm³/mol. The van der Waals surface area contributed by atoms with E-state index in [4.69, 9.17) is 4.74 Å². The largest absolute Gasteiger partial charge is 0.496 e. The number of nitrogens with one attached hydrogen (secondary N) is 1. The molecule has 0 amide bonds. The number of benzene rings is 1. The molecule has 0 spiro atoms. The van der Waals surface area contributed by atoms with Crippen molar-refractivity contribution in [2.24, 2.45) is 7.05 Å². The molecule has 1 aromatic carbocycles. The Morgan fingerprint density at radius 2 is 2.21 bits per heavy atom. The van der Waals surface area contributed by atoms with E-state index >= 15 is 0 Å². The molecule has 0 saturated heterocycles. The fourth-order valence-electron chi connectivity index (χ4n) is 2.12. The number of hydrogen-bond donors (Lipinski definition) is 1. The van der Waals surface area contributed by atoms with Gasteiger partial charge >= 0.3 is 0 Å². The van der Waals surface area contributed by atoms with Crippen LogP contribution in [0, 0.1) is 5.82 Å². The van der Waals surface area contributed by atoms with Crippen molar-refractivity contribution in [2.45, 2.75) is 13.0 Å². The molecule has 1 N–H and O–H groups in total. The second-order valence-corrected chi connectivity index (χ2v) is 4.26. The van der Waals surface area contributed by atoms with Crippen LogP contribution in [0.1, 0.15) is 24.2 Å². The van der Waals surface area contributed by atoms with Gasteiger partial charge in [0.05, 0.1) is 24.4 Å². The van der Waals surface area contributed by atoms with Crippen molar-refractivity contribution in [3.8, 4) is 5.75 Å². The van der Waals surface area contributed by atoms with Gasteiger partial charge in [0.2, 0.25) is 0 Å². The summed E-state index contributed by atoms with van der Waals surface area (Å²) in [5.41, 5.74) is 1.26. The first-order chi connectivity index (χ1) is 9.17. The number of aryl methyl sites for hydroxylation is 1. The third-order valence-electron chi connectivity index (χ3n) is 2.96. The molecule has 0 aliphatic rings. The Labute approximate surface area is 112 Å². The molecule has 2 aromatic rings. The molecule has 0 aliphatic carbocycles. The fourth-order valence-corrected chi connectivity index (χ4v) is 2.12. The first-order valence-corrected chi connectivity index (χ1v) is 6.22. The summed E-state index contributed by atoms with van der Waals surface area (Å²) in [6.45, 7) is 2.68. The van der Waals surface area contributed by atoms with Crippen molar-refractivity contribution in [3.63, 3.8) is 0 Å². The van der Waals surface area contributed by atoms with Crippen molar-refractivity contribution in [3.05, 3.63) is 47.5 Å². The number of hydrogen-bond acceptors (Lipinski definition) is 3. The lowest BCUT2D eigenvalue weighted by Crippen LogP contribution is -2.24. The number of rotatable bonds is 5. The van der Waals surface area contributed by atoms with E-state index in [1.165, 1.54) is 6.07 Å².